The normalized spacial score (nSPS) is 16.3. The number of carbonyl (C=O) groups excluding carboxylic acids is 2. The first-order chi connectivity index (χ1) is 24.6. The fourth-order valence-corrected chi connectivity index (χ4v) is 7.13. The lowest BCUT2D eigenvalue weighted by atomic mass is 9.71. The molecule has 0 aliphatic carbocycles. The van der Waals surface area contributed by atoms with Crippen LogP contribution in [0.4, 0.5) is 17.5 Å². The molecule has 2 amide bonds. The van der Waals surface area contributed by atoms with Crippen LogP contribution in [0, 0.1) is 5.41 Å². The summed E-state index contributed by atoms with van der Waals surface area (Å²) < 4.78 is 11.0. The van der Waals surface area contributed by atoms with E-state index in [-0.39, 0.29) is 17.2 Å². The lowest BCUT2D eigenvalue weighted by Crippen LogP contribution is -2.61. The first-order valence-corrected chi connectivity index (χ1v) is 17.9. The average molecular weight is 695 g/mol. The highest BCUT2D eigenvalue weighted by Crippen LogP contribution is 2.42. The van der Waals surface area contributed by atoms with Crippen molar-refractivity contribution >= 4 is 40.3 Å². The molecule has 2 aliphatic rings. The average Bonchev–Trinajstić information content (AvgIpc) is 3.14. The van der Waals surface area contributed by atoms with Crippen molar-refractivity contribution in [1.29, 1.82) is 0 Å². The van der Waals surface area contributed by atoms with E-state index in [1.54, 1.807) is 20.4 Å². The Bertz CT molecular complexity index is 1840. The summed E-state index contributed by atoms with van der Waals surface area (Å²) in [7, 11) is 3.24. The molecule has 0 bridgehead atoms. The Hall–Kier alpha value is -5.13. The number of carbonyl (C=O) groups is 2. The maximum atomic E-state index is 13.8. The minimum atomic E-state index is -0.502. The lowest BCUT2D eigenvalue weighted by Gasteiger charge is -2.54. The molecule has 12 heteroatoms. The van der Waals surface area contributed by atoms with Gasteiger partial charge in [0.1, 0.15) is 17.0 Å². The number of methoxy groups -OCH3 is 2. The molecule has 51 heavy (non-hydrogen) atoms. The Kier molecular flexibility index (Phi) is 10.8. The molecule has 4 aromatic rings. The van der Waals surface area contributed by atoms with Gasteiger partial charge in [0, 0.05) is 75.1 Å². The number of rotatable bonds is 14. The van der Waals surface area contributed by atoms with E-state index in [1.165, 1.54) is 12.6 Å². The van der Waals surface area contributed by atoms with Gasteiger partial charge in [0.05, 0.1) is 30.8 Å². The quantitative estimate of drug-likeness (QED) is 0.147. The van der Waals surface area contributed by atoms with Gasteiger partial charge in [0.2, 0.25) is 11.9 Å². The van der Waals surface area contributed by atoms with E-state index < -0.39 is 5.54 Å². The summed E-state index contributed by atoms with van der Waals surface area (Å²) >= 11 is 0. The number of hydrogen-bond donors (Lipinski definition) is 3. The second kappa shape index (κ2) is 15.4. The number of nitrogens with one attached hydrogen (secondary N) is 3. The van der Waals surface area contributed by atoms with E-state index in [2.05, 4.69) is 59.0 Å². The summed E-state index contributed by atoms with van der Waals surface area (Å²) in [6.07, 6.45) is 6.53. The third-order valence-corrected chi connectivity index (χ3v) is 10.2. The molecule has 2 saturated heterocycles. The molecule has 4 heterocycles. The third kappa shape index (κ3) is 8.27. The molecule has 2 fully saturated rings. The van der Waals surface area contributed by atoms with Gasteiger partial charge in [-0.2, -0.15) is 4.98 Å². The Morgan fingerprint density at radius 1 is 1.00 bits per heavy atom. The minimum Gasteiger partial charge on any atom is -0.497 e. The summed E-state index contributed by atoms with van der Waals surface area (Å²) in [4.78, 5) is 44.6. The number of nitrogens with zero attached hydrogens (tertiary/aromatic N) is 5. The zero-order chi connectivity index (χ0) is 36.0. The van der Waals surface area contributed by atoms with E-state index in [0.717, 1.165) is 63.8 Å². The van der Waals surface area contributed by atoms with Crippen LogP contribution in [0.2, 0.25) is 0 Å². The number of para-hydroxylation sites is 1. The molecule has 1 atom stereocenters. The highest BCUT2D eigenvalue weighted by molar-refractivity contribution is 5.98. The Morgan fingerprint density at radius 3 is 2.45 bits per heavy atom. The Balaban J connectivity index is 1.24. The van der Waals surface area contributed by atoms with Gasteiger partial charge in [-0.05, 0) is 56.5 Å². The van der Waals surface area contributed by atoms with Gasteiger partial charge < -0.3 is 35.2 Å². The number of piperidine rings is 1. The van der Waals surface area contributed by atoms with Gasteiger partial charge in [-0.1, -0.05) is 38.0 Å². The predicted octanol–water partition coefficient (Wildman–Crippen LogP) is 5.89. The number of likely N-dealkylation sites (tertiary alicyclic amines) is 1. The van der Waals surface area contributed by atoms with Gasteiger partial charge in [0.15, 0.2) is 5.82 Å². The fourth-order valence-electron chi connectivity index (χ4n) is 7.13. The number of benzene rings is 2. The molecule has 2 aromatic heterocycles. The van der Waals surface area contributed by atoms with Crippen molar-refractivity contribution < 1.29 is 19.1 Å². The predicted molar refractivity (Wildman–Crippen MR) is 201 cm³/mol. The number of anilines is 3. The zero-order valence-corrected chi connectivity index (χ0v) is 30.4. The smallest absolute Gasteiger partial charge is 0.255 e. The highest BCUT2D eigenvalue weighted by Gasteiger charge is 2.47. The maximum absolute atomic E-state index is 13.8. The van der Waals surface area contributed by atoms with Crippen molar-refractivity contribution in [2.75, 3.05) is 62.5 Å². The summed E-state index contributed by atoms with van der Waals surface area (Å²) in [5, 5.41) is 9.93. The third-order valence-electron chi connectivity index (χ3n) is 10.2. The summed E-state index contributed by atoms with van der Waals surface area (Å²) in [5.41, 5.74) is 3.43. The lowest BCUT2D eigenvalue weighted by molar-refractivity contribution is -0.119. The van der Waals surface area contributed by atoms with Crippen LogP contribution in [-0.4, -0.2) is 84.1 Å². The number of aromatic nitrogens is 3. The second-order valence-electron chi connectivity index (χ2n) is 14.2. The zero-order valence-electron chi connectivity index (χ0n) is 30.4. The molecule has 2 aliphatic heterocycles. The van der Waals surface area contributed by atoms with Gasteiger partial charge >= 0.3 is 0 Å². The number of unbranched alkanes of at least 4 members (excludes halogenated alkanes) is 1. The fraction of sp³-hybridized carbons (Fsp3) is 0.462. The molecular weight excluding hydrogens is 644 g/mol. The van der Waals surface area contributed by atoms with Gasteiger partial charge in [-0.25, -0.2) is 9.97 Å². The number of amides is 2. The topological polar surface area (TPSA) is 134 Å². The Morgan fingerprint density at radius 2 is 1.76 bits per heavy atom. The van der Waals surface area contributed by atoms with E-state index in [1.807, 2.05) is 35.2 Å². The molecular formula is C39H50N8O4. The van der Waals surface area contributed by atoms with Crippen molar-refractivity contribution in [2.45, 2.75) is 65.0 Å². The number of fused-ring (bicyclic) bond motifs is 1. The summed E-state index contributed by atoms with van der Waals surface area (Å²) in [5.74, 6) is 2.14. The molecule has 12 nitrogen and oxygen atoms in total. The van der Waals surface area contributed by atoms with Crippen molar-refractivity contribution in [2.24, 2.45) is 5.41 Å². The van der Waals surface area contributed by atoms with Gasteiger partial charge in [-0.3, -0.25) is 9.59 Å². The molecule has 3 N–H and O–H groups in total. The van der Waals surface area contributed by atoms with Crippen LogP contribution in [0.1, 0.15) is 68.8 Å². The molecule has 1 unspecified atom stereocenters. The second-order valence-corrected chi connectivity index (χ2v) is 14.2. The standard InChI is InChI=1S/C39H50N8O4/c1-6-7-15-38(3,24-42-27(2)48)45-35-34-32(43-37(44-35)41-22-28-13-14-31(50-4)21-33(28)51-5)20-29(23-40-34)36(49)47-25-39(26-47)16-18-46(19-17-39)30-11-9-8-10-12-30/h8-14,20-21,23H,6-7,15-19,22,24-26H2,1-5H3,(H,42,48)(H2,41,43,44,45). The van der Waals surface area contributed by atoms with E-state index >= 15 is 0 Å². The molecule has 2 aromatic carbocycles. The van der Waals surface area contributed by atoms with Crippen molar-refractivity contribution in [3.8, 4) is 11.5 Å². The monoisotopic (exact) mass is 694 g/mol. The number of hydrogen-bond acceptors (Lipinski definition) is 10. The highest BCUT2D eigenvalue weighted by atomic mass is 16.5. The van der Waals surface area contributed by atoms with Crippen molar-refractivity contribution in [3.63, 3.8) is 0 Å². The summed E-state index contributed by atoms with van der Waals surface area (Å²) in [6.45, 7) is 10.0. The first kappa shape index (κ1) is 35.7. The van der Waals surface area contributed by atoms with Crippen LogP contribution in [0.5, 0.6) is 11.5 Å². The van der Waals surface area contributed by atoms with Crippen LogP contribution >= 0.6 is 0 Å². The largest absolute Gasteiger partial charge is 0.497 e. The summed E-state index contributed by atoms with van der Waals surface area (Å²) in [6, 6.07) is 18.0. The Labute approximate surface area is 300 Å². The molecule has 0 saturated carbocycles. The van der Waals surface area contributed by atoms with E-state index in [9.17, 15) is 9.59 Å². The molecule has 1 spiro atoms. The molecule has 270 valence electrons. The van der Waals surface area contributed by atoms with Crippen LogP contribution < -0.4 is 30.3 Å². The number of pyridine rings is 1. The molecule has 0 radical (unpaired) electrons. The number of ether oxygens (including phenoxy) is 2. The van der Waals surface area contributed by atoms with E-state index in [0.29, 0.717) is 53.0 Å². The van der Waals surface area contributed by atoms with Gasteiger partial charge in [-0.15, -0.1) is 0 Å². The van der Waals surface area contributed by atoms with E-state index in [4.69, 9.17) is 24.4 Å². The van der Waals surface area contributed by atoms with Crippen LogP contribution in [-0.2, 0) is 11.3 Å². The van der Waals surface area contributed by atoms with Crippen molar-refractivity contribution in [3.05, 3.63) is 71.9 Å². The van der Waals surface area contributed by atoms with Crippen molar-refractivity contribution in [1.82, 2.24) is 25.2 Å². The molecule has 6 rings (SSSR count). The van der Waals surface area contributed by atoms with Crippen LogP contribution in [0.3, 0.4) is 0 Å². The first-order valence-electron chi connectivity index (χ1n) is 17.9. The van der Waals surface area contributed by atoms with Crippen LogP contribution in [0.25, 0.3) is 11.0 Å². The minimum absolute atomic E-state index is 0.0374. The van der Waals surface area contributed by atoms with Crippen LogP contribution in [0.15, 0.2) is 60.8 Å². The SMILES string of the molecule is CCCCC(C)(CNC(C)=O)Nc1nc(NCc2ccc(OC)cc2OC)nc2cc(C(=O)N3CC4(CCN(c5ccccc5)CC4)C3)cnc12. The maximum Gasteiger partial charge on any atom is 0.255 e. The van der Waals surface area contributed by atoms with Gasteiger partial charge in [0.25, 0.3) is 5.91 Å².